The summed E-state index contributed by atoms with van der Waals surface area (Å²) in [6.45, 7) is 13.8. The van der Waals surface area contributed by atoms with Gasteiger partial charge in [-0.05, 0) is 11.8 Å². The second-order valence-electron chi connectivity index (χ2n) is 7.19. The molecular formula is C20H44. The van der Waals surface area contributed by atoms with Gasteiger partial charge in [-0.15, -0.1) is 0 Å². The number of hydrogen-bond donors (Lipinski definition) is 0. The van der Waals surface area contributed by atoms with Gasteiger partial charge in [-0.1, -0.05) is 119 Å². The average molecular weight is 285 g/mol. The molecule has 0 heterocycles. The molecule has 124 valence electrons. The number of rotatable bonds is 12. The molecule has 0 aromatic rings. The van der Waals surface area contributed by atoms with Crippen molar-refractivity contribution in [1.29, 1.82) is 0 Å². The van der Waals surface area contributed by atoms with Crippen molar-refractivity contribution in [1.82, 2.24) is 0 Å². The SMILES string of the molecule is CCCCCCCC(C)C.CCCCCCCC(C)C. The molecule has 0 saturated carbocycles. The van der Waals surface area contributed by atoms with Crippen LogP contribution in [0, 0.1) is 11.8 Å². The van der Waals surface area contributed by atoms with Gasteiger partial charge in [0.1, 0.15) is 0 Å². The van der Waals surface area contributed by atoms with Crippen molar-refractivity contribution in [2.24, 2.45) is 11.8 Å². The molecular weight excluding hydrogens is 240 g/mol. The number of unbranched alkanes of at least 4 members (excludes halogenated alkanes) is 8. The van der Waals surface area contributed by atoms with Gasteiger partial charge in [0.15, 0.2) is 0 Å². The molecule has 0 bridgehead atoms. The van der Waals surface area contributed by atoms with Crippen LogP contribution in [0.5, 0.6) is 0 Å². The Labute approximate surface area is 131 Å². The summed E-state index contributed by atoms with van der Waals surface area (Å²) in [4.78, 5) is 0. The molecule has 0 unspecified atom stereocenters. The molecule has 0 saturated heterocycles. The molecule has 0 amide bonds. The normalized spacial score (nSPS) is 10.8. The zero-order valence-corrected chi connectivity index (χ0v) is 15.6. The Hall–Kier alpha value is 0. The Kier molecular flexibility index (Phi) is 21.2. The van der Waals surface area contributed by atoms with E-state index in [9.17, 15) is 0 Å². The van der Waals surface area contributed by atoms with Crippen molar-refractivity contribution in [3.63, 3.8) is 0 Å². The van der Waals surface area contributed by atoms with Crippen molar-refractivity contribution in [3.8, 4) is 0 Å². The van der Waals surface area contributed by atoms with Crippen molar-refractivity contribution in [2.75, 3.05) is 0 Å². The summed E-state index contributed by atoms with van der Waals surface area (Å²) in [7, 11) is 0. The van der Waals surface area contributed by atoms with Crippen LogP contribution in [0.3, 0.4) is 0 Å². The van der Waals surface area contributed by atoms with Gasteiger partial charge in [0.05, 0.1) is 0 Å². The second kappa shape index (κ2) is 19.0. The summed E-state index contributed by atoms with van der Waals surface area (Å²) < 4.78 is 0. The molecule has 0 rings (SSSR count). The molecule has 0 aromatic heterocycles. The van der Waals surface area contributed by atoms with Crippen molar-refractivity contribution in [3.05, 3.63) is 0 Å². The van der Waals surface area contributed by atoms with Crippen LogP contribution in [0.1, 0.15) is 119 Å². The third-order valence-electron chi connectivity index (χ3n) is 3.77. The van der Waals surface area contributed by atoms with Crippen LogP contribution in [0.4, 0.5) is 0 Å². The molecule has 20 heavy (non-hydrogen) atoms. The highest BCUT2D eigenvalue weighted by Crippen LogP contribution is 2.10. The topological polar surface area (TPSA) is 0 Å². The minimum absolute atomic E-state index is 0.904. The summed E-state index contributed by atoms with van der Waals surface area (Å²) >= 11 is 0. The Morgan fingerprint density at radius 3 is 1.00 bits per heavy atom. The Morgan fingerprint density at radius 2 is 0.750 bits per heavy atom. The van der Waals surface area contributed by atoms with Gasteiger partial charge >= 0.3 is 0 Å². The van der Waals surface area contributed by atoms with Gasteiger partial charge in [0, 0.05) is 0 Å². The van der Waals surface area contributed by atoms with Crippen molar-refractivity contribution >= 4 is 0 Å². The Bertz CT molecular complexity index is 128. The van der Waals surface area contributed by atoms with Crippen LogP contribution in [0.25, 0.3) is 0 Å². The summed E-state index contributed by atoms with van der Waals surface area (Å²) in [6, 6.07) is 0. The van der Waals surface area contributed by atoms with E-state index in [4.69, 9.17) is 0 Å². The number of hydrogen-bond acceptors (Lipinski definition) is 0. The zero-order chi connectivity index (χ0) is 15.6. The Balaban J connectivity index is 0. The van der Waals surface area contributed by atoms with E-state index in [1.807, 2.05) is 0 Å². The highest BCUT2D eigenvalue weighted by Gasteiger charge is 1.93. The van der Waals surface area contributed by atoms with Gasteiger partial charge in [-0.25, -0.2) is 0 Å². The third kappa shape index (κ3) is 26.5. The molecule has 0 aliphatic heterocycles. The van der Waals surface area contributed by atoms with Crippen LogP contribution in [0.15, 0.2) is 0 Å². The van der Waals surface area contributed by atoms with Gasteiger partial charge in [0.25, 0.3) is 0 Å². The van der Waals surface area contributed by atoms with Gasteiger partial charge in [-0.2, -0.15) is 0 Å². The van der Waals surface area contributed by atoms with E-state index >= 15 is 0 Å². The molecule has 0 fully saturated rings. The van der Waals surface area contributed by atoms with E-state index < -0.39 is 0 Å². The lowest BCUT2D eigenvalue weighted by molar-refractivity contribution is 0.518. The van der Waals surface area contributed by atoms with Crippen LogP contribution in [-0.4, -0.2) is 0 Å². The molecule has 0 N–H and O–H groups in total. The minimum Gasteiger partial charge on any atom is -0.0654 e. The molecule has 0 nitrogen and oxygen atoms in total. The van der Waals surface area contributed by atoms with E-state index in [2.05, 4.69) is 41.5 Å². The van der Waals surface area contributed by atoms with Crippen LogP contribution in [0.2, 0.25) is 0 Å². The summed E-state index contributed by atoms with van der Waals surface area (Å²) in [5.41, 5.74) is 0. The first-order chi connectivity index (χ1) is 9.54. The molecule has 0 radical (unpaired) electrons. The van der Waals surface area contributed by atoms with Crippen LogP contribution < -0.4 is 0 Å². The smallest absolute Gasteiger partial charge is 0.0471 e. The van der Waals surface area contributed by atoms with Crippen molar-refractivity contribution in [2.45, 2.75) is 119 Å². The average Bonchev–Trinajstić information content (AvgIpc) is 2.38. The van der Waals surface area contributed by atoms with Gasteiger partial charge in [-0.3, -0.25) is 0 Å². The lowest BCUT2D eigenvalue weighted by Gasteiger charge is -2.02. The Morgan fingerprint density at radius 1 is 0.450 bits per heavy atom. The first kappa shape index (κ1) is 22.3. The second-order valence-corrected chi connectivity index (χ2v) is 7.19. The first-order valence-electron chi connectivity index (χ1n) is 9.54. The van der Waals surface area contributed by atoms with E-state index in [0.717, 1.165) is 11.8 Å². The maximum Gasteiger partial charge on any atom is -0.0471 e. The predicted octanol–water partition coefficient (Wildman–Crippen LogP) is 8.01. The standard InChI is InChI=1S/2C10H22/c2*1-4-5-6-7-8-9-10(2)3/h2*10H,4-9H2,1-3H3. The van der Waals surface area contributed by atoms with E-state index in [1.54, 1.807) is 0 Å². The lowest BCUT2D eigenvalue weighted by Crippen LogP contribution is -1.86. The molecule has 0 heteroatoms. The van der Waals surface area contributed by atoms with Crippen LogP contribution >= 0.6 is 0 Å². The third-order valence-corrected chi connectivity index (χ3v) is 3.77. The van der Waals surface area contributed by atoms with E-state index in [0.29, 0.717) is 0 Å². The molecule has 0 spiro atoms. The summed E-state index contributed by atoms with van der Waals surface area (Å²) in [5, 5.41) is 0. The summed E-state index contributed by atoms with van der Waals surface area (Å²) in [5.74, 6) is 1.81. The lowest BCUT2D eigenvalue weighted by atomic mass is 10.0. The monoisotopic (exact) mass is 284 g/mol. The predicted molar refractivity (Wildman–Crippen MR) is 96.4 cm³/mol. The van der Waals surface area contributed by atoms with E-state index in [1.165, 1.54) is 77.0 Å². The maximum atomic E-state index is 2.31. The van der Waals surface area contributed by atoms with Crippen molar-refractivity contribution < 1.29 is 0 Å². The molecule has 0 aliphatic carbocycles. The fourth-order valence-corrected chi connectivity index (χ4v) is 2.31. The minimum atomic E-state index is 0.904. The summed E-state index contributed by atoms with van der Waals surface area (Å²) in [6.07, 6.45) is 17.1. The maximum absolute atomic E-state index is 2.31. The molecule has 0 aromatic carbocycles. The zero-order valence-electron chi connectivity index (χ0n) is 15.6. The largest absolute Gasteiger partial charge is 0.0654 e. The highest BCUT2D eigenvalue weighted by atomic mass is 14.0. The van der Waals surface area contributed by atoms with Gasteiger partial charge < -0.3 is 0 Å². The first-order valence-corrected chi connectivity index (χ1v) is 9.54. The fraction of sp³-hybridized carbons (Fsp3) is 1.00. The highest BCUT2D eigenvalue weighted by molar-refractivity contribution is 4.47. The quantitative estimate of drug-likeness (QED) is 0.318. The van der Waals surface area contributed by atoms with Gasteiger partial charge in [0.2, 0.25) is 0 Å². The molecule has 0 atom stereocenters. The molecule has 0 aliphatic rings. The van der Waals surface area contributed by atoms with E-state index in [-0.39, 0.29) is 0 Å². The fourth-order valence-electron chi connectivity index (χ4n) is 2.31. The van der Waals surface area contributed by atoms with Crippen LogP contribution in [-0.2, 0) is 0 Å².